The summed E-state index contributed by atoms with van der Waals surface area (Å²) < 4.78 is 1.83. The second kappa shape index (κ2) is 10.1. The molecule has 1 unspecified atom stereocenters. The van der Waals surface area contributed by atoms with Crippen LogP contribution in [0.25, 0.3) is 10.9 Å². The summed E-state index contributed by atoms with van der Waals surface area (Å²) >= 11 is 0. The first-order valence-electron chi connectivity index (χ1n) is 11.2. The van der Waals surface area contributed by atoms with Crippen LogP contribution in [0, 0.1) is 11.3 Å². The summed E-state index contributed by atoms with van der Waals surface area (Å²) in [6.45, 7) is 7.94. The Kier molecular flexibility index (Phi) is 7.50. The Bertz CT molecular complexity index is 978. The zero-order valence-corrected chi connectivity index (χ0v) is 19.1. The number of aromatic nitrogens is 2. The number of nitrogens with two attached hydrogens (primary N) is 1. The Balaban J connectivity index is 1.75. The number of hydrogen-bond acceptors (Lipinski definition) is 5. The smallest absolute Gasteiger partial charge is 0.273 e. The molecule has 2 aromatic rings. The van der Waals surface area contributed by atoms with E-state index in [9.17, 15) is 14.4 Å². The number of hydrogen-bond donors (Lipinski definition) is 4. The number of unbranched alkanes of at least 4 members (excludes halogenated alkanes) is 1. The van der Waals surface area contributed by atoms with Crippen LogP contribution >= 0.6 is 0 Å². The first kappa shape index (κ1) is 23.7. The molecule has 2 atom stereocenters. The van der Waals surface area contributed by atoms with Gasteiger partial charge in [-0.2, -0.15) is 5.10 Å². The number of nitrogens with one attached hydrogen (secondary N) is 3. The Hall–Kier alpha value is -2.94. The van der Waals surface area contributed by atoms with Gasteiger partial charge < -0.3 is 21.7 Å². The average molecular weight is 443 g/mol. The van der Waals surface area contributed by atoms with Crippen molar-refractivity contribution in [3.8, 4) is 0 Å². The molecule has 1 aromatic carbocycles. The summed E-state index contributed by atoms with van der Waals surface area (Å²) in [6.07, 6.45) is 2.15. The number of amides is 3. The number of rotatable bonds is 9. The Morgan fingerprint density at radius 1 is 1.28 bits per heavy atom. The standard InChI is InChI=1S/C23H34N6O3/c1-23(2,3)20(22(32)26-14-15-12-18(30)25-13-15)27-21(31)19-16-8-4-5-9-17(16)29(28-19)11-7-6-10-24/h4-5,8-9,15,20H,6-7,10-14,24H2,1-3H3,(H,25,30)(H,26,32)(H,27,31)/t15?,20-/m1/s1. The Morgan fingerprint density at radius 2 is 2.03 bits per heavy atom. The average Bonchev–Trinajstić information content (AvgIpc) is 3.33. The van der Waals surface area contributed by atoms with Gasteiger partial charge in [0.25, 0.3) is 5.91 Å². The Labute approximate surface area is 188 Å². The second-order valence-corrected chi connectivity index (χ2v) is 9.48. The lowest BCUT2D eigenvalue weighted by Gasteiger charge is -2.30. The lowest BCUT2D eigenvalue weighted by atomic mass is 9.86. The van der Waals surface area contributed by atoms with Crippen LogP contribution in [-0.2, 0) is 16.1 Å². The highest BCUT2D eigenvalue weighted by atomic mass is 16.2. The number of benzene rings is 1. The van der Waals surface area contributed by atoms with Gasteiger partial charge in [-0.15, -0.1) is 0 Å². The van der Waals surface area contributed by atoms with E-state index in [0.717, 1.165) is 23.7 Å². The molecule has 3 rings (SSSR count). The lowest BCUT2D eigenvalue weighted by Crippen LogP contribution is -2.54. The second-order valence-electron chi connectivity index (χ2n) is 9.48. The molecule has 0 saturated carbocycles. The zero-order chi connectivity index (χ0) is 23.3. The quantitative estimate of drug-likeness (QED) is 0.433. The fourth-order valence-corrected chi connectivity index (χ4v) is 3.90. The van der Waals surface area contributed by atoms with E-state index in [-0.39, 0.29) is 23.6 Å². The van der Waals surface area contributed by atoms with Crippen LogP contribution in [0.3, 0.4) is 0 Å². The Morgan fingerprint density at radius 3 is 2.69 bits per heavy atom. The third kappa shape index (κ3) is 5.64. The molecular weight excluding hydrogens is 408 g/mol. The minimum Gasteiger partial charge on any atom is -0.356 e. The van der Waals surface area contributed by atoms with Crippen molar-refractivity contribution >= 4 is 28.6 Å². The summed E-state index contributed by atoms with van der Waals surface area (Å²) in [5.41, 5.74) is 6.28. The first-order chi connectivity index (χ1) is 15.2. The summed E-state index contributed by atoms with van der Waals surface area (Å²) in [4.78, 5) is 37.6. The number of aryl methyl sites for hydroxylation is 1. The van der Waals surface area contributed by atoms with Crippen molar-refractivity contribution in [3.05, 3.63) is 30.0 Å². The van der Waals surface area contributed by atoms with Gasteiger partial charge in [0, 0.05) is 37.4 Å². The van der Waals surface area contributed by atoms with E-state index in [2.05, 4.69) is 21.0 Å². The van der Waals surface area contributed by atoms with Gasteiger partial charge in [-0.25, -0.2) is 0 Å². The van der Waals surface area contributed by atoms with E-state index in [1.807, 2.05) is 49.7 Å². The highest BCUT2D eigenvalue weighted by molar-refractivity contribution is 6.06. The molecule has 0 aliphatic carbocycles. The van der Waals surface area contributed by atoms with E-state index >= 15 is 0 Å². The van der Waals surface area contributed by atoms with Crippen molar-refractivity contribution in [1.29, 1.82) is 0 Å². The summed E-state index contributed by atoms with van der Waals surface area (Å²) in [6, 6.07) is 6.84. The maximum atomic E-state index is 13.2. The predicted molar refractivity (Wildman–Crippen MR) is 123 cm³/mol. The van der Waals surface area contributed by atoms with Gasteiger partial charge in [-0.1, -0.05) is 39.0 Å². The number of carbonyl (C=O) groups is 3. The molecule has 32 heavy (non-hydrogen) atoms. The van der Waals surface area contributed by atoms with E-state index < -0.39 is 11.5 Å². The van der Waals surface area contributed by atoms with E-state index in [0.29, 0.717) is 38.3 Å². The van der Waals surface area contributed by atoms with Crippen LogP contribution in [-0.4, -0.2) is 53.2 Å². The van der Waals surface area contributed by atoms with Crippen LogP contribution in [0.2, 0.25) is 0 Å². The summed E-state index contributed by atoms with van der Waals surface area (Å²) in [5.74, 6) is -0.585. The molecule has 9 heteroatoms. The first-order valence-corrected chi connectivity index (χ1v) is 11.2. The van der Waals surface area contributed by atoms with E-state index in [4.69, 9.17) is 5.73 Å². The van der Waals surface area contributed by atoms with Crippen LogP contribution in [0.15, 0.2) is 24.3 Å². The molecule has 1 saturated heterocycles. The molecule has 174 valence electrons. The molecule has 9 nitrogen and oxygen atoms in total. The van der Waals surface area contributed by atoms with Crippen molar-refractivity contribution in [2.24, 2.45) is 17.1 Å². The maximum Gasteiger partial charge on any atom is 0.273 e. The highest BCUT2D eigenvalue weighted by Gasteiger charge is 2.34. The molecule has 0 bridgehead atoms. The van der Waals surface area contributed by atoms with Crippen molar-refractivity contribution in [1.82, 2.24) is 25.7 Å². The van der Waals surface area contributed by atoms with Crippen LogP contribution in [0.4, 0.5) is 0 Å². The minimum atomic E-state index is -0.749. The fraction of sp³-hybridized carbons (Fsp3) is 0.565. The van der Waals surface area contributed by atoms with Crippen LogP contribution in [0.1, 0.15) is 50.5 Å². The summed E-state index contributed by atoms with van der Waals surface area (Å²) in [5, 5.41) is 13.9. The lowest BCUT2D eigenvalue weighted by molar-refractivity contribution is -0.125. The number of carbonyl (C=O) groups excluding carboxylic acids is 3. The zero-order valence-electron chi connectivity index (χ0n) is 19.1. The normalized spacial score (nSPS) is 17.2. The number of fused-ring (bicyclic) bond motifs is 1. The molecule has 5 N–H and O–H groups in total. The van der Waals surface area contributed by atoms with Gasteiger partial charge in [0.05, 0.1) is 5.52 Å². The molecule has 2 heterocycles. The molecule has 1 aromatic heterocycles. The maximum absolute atomic E-state index is 13.2. The molecular formula is C23H34N6O3. The molecule has 3 amide bonds. The molecule has 0 spiro atoms. The number of nitrogens with zero attached hydrogens (tertiary/aromatic N) is 2. The summed E-state index contributed by atoms with van der Waals surface area (Å²) in [7, 11) is 0. The van der Waals surface area contributed by atoms with Crippen molar-refractivity contribution in [3.63, 3.8) is 0 Å². The van der Waals surface area contributed by atoms with Crippen molar-refractivity contribution < 1.29 is 14.4 Å². The van der Waals surface area contributed by atoms with Gasteiger partial charge in [0.15, 0.2) is 5.69 Å². The predicted octanol–water partition coefficient (Wildman–Crippen LogP) is 1.17. The SMILES string of the molecule is CC(C)(C)[C@H](NC(=O)c1nn(CCCCN)c2ccccc12)C(=O)NCC1CNC(=O)C1. The van der Waals surface area contributed by atoms with Crippen molar-refractivity contribution in [2.45, 2.75) is 52.6 Å². The van der Waals surface area contributed by atoms with Gasteiger partial charge >= 0.3 is 0 Å². The minimum absolute atomic E-state index is 0.00106. The van der Waals surface area contributed by atoms with Gasteiger partial charge in [-0.05, 0) is 30.9 Å². The molecule has 1 fully saturated rings. The van der Waals surface area contributed by atoms with E-state index in [1.165, 1.54) is 0 Å². The highest BCUT2D eigenvalue weighted by Crippen LogP contribution is 2.23. The number of para-hydroxylation sites is 1. The third-order valence-electron chi connectivity index (χ3n) is 5.73. The largest absolute Gasteiger partial charge is 0.356 e. The van der Waals surface area contributed by atoms with Gasteiger partial charge in [-0.3, -0.25) is 19.1 Å². The topological polar surface area (TPSA) is 131 Å². The van der Waals surface area contributed by atoms with Crippen molar-refractivity contribution in [2.75, 3.05) is 19.6 Å². The molecule has 1 aliphatic heterocycles. The molecule has 1 aliphatic rings. The third-order valence-corrected chi connectivity index (χ3v) is 5.73. The van der Waals surface area contributed by atoms with Crippen LogP contribution in [0.5, 0.6) is 0 Å². The fourth-order valence-electron chi connectivity index (χ4n) is 3.90. The van der Waals surface area contributed by atoms with Crippen LogP contribution < -0.4 is 21.7 Å². The van der Waals surface area contributed by atoms with Gasteiger partial charge in [0.2, 0.25) is 11.8 Å². The molecule has 0 radical (unpaired) electrons. The van der Waals surface area contributed by atoms with Gasteiger partial charge in [0.1, 0.15) is 6.04 Å². The monoisotopic (exact) mass is 442 g/mol. The van der Waals surface area contributed by atoms with E-state index in [1.54, 1.807) is 0 Å².